The monoisotopic (exact) mass is 535 g/mol. The maximum Gasteiger partial charge on any atom is 0.146 e. The fourth-order valence-corrected chi connectivity index (χ4v) is 7.96. The van der Waals surface area contributed by atoms with Gasteiger partial charge in [0.05, 0.1) is 11.5 Å². The average Bonchev–Trinajstić information content (AvgIpc) is 3.45. The van der Waals surface area contributed by atoms with Gasteiger partial charge >= 0.3 is 0 Å². The number of piperidine rings is 1. The molecule has 7 heteroatoms. The Morgan fingerprint density at radius 3 is 2.52 bits per heavy atom. The third-order valence-corrected chi connectivity index (χ3v) is 10.1. The van der Waals surface area contributed by atoms with Crippen LogP contribution in [0.15, 0.2) is 61.1 Å². The molecule has 3 aliphatic heterocycles. The van der Waals surface area contributed by atoms with E-state index in [1.807, 2.05) is 6.07 Å². The number of aliphatic hydroxyl groups excluding tert-OH is 1. The number of nitrogens with zero attached hydrogens (tertiary/aromatic N) is 4. The summed E-state index contributed by atoms with van der Waals surface area (Å²) in [5.41, 5.74) is 12.1. The van der Waals surface area contributed by atoms with E-state index in [4.69, 9.17) is 15.5 Å². The topological polar surface area (TPSA) is 89.4 Å². The maximum atomic E-state index is 10.2. The van der Waals surface area contributed by atoms with Crippen LogP contribution in [0.5, 0.6) is 5.75 Å². The number of nitrogen functional groups attached to an aromatic ring is 1. The number of rotatable bonds is 5. The van der Waals surface area contributed by atoms with Crippen molar-refractivity contribution in [3.05, 3.63) is 72.2 Å². The number of hydrogen-bond acceptors (Lipinski definition) is 6. The first-order chi connectivity index (χ1) is 19.6. The van der Waals surface area contributed by atoms with Crippen molar-refractivity contribution in [1.82, 2.24) is 19.4 Å². The van der Waals surface area contributed by atoms with Crippen LogP contribution >= 0.6 is 0 Å². The Hall–Kier alpha value is -3.42. The minimum atomic E-state index is -0.101. The molecule has 0 spiro atoms. The third kappa shape index (κ3) is 4.10. The van der Waals surface area contributed by atoms with E-state index in [2.05, 4.69) is 63.1 Å². The van der Waals surface area contributed by atoms with E-state index in [9.17, 15) is 5.11 Å². The summed E-state index contributed by atoms with van der Waals surface area (Å²) in [5, 5.41) is 11.1. The Balaban J connectivity index is 1.06. The van der Waals surface area contributed by atoms with Crippen molar-refractivity contribution in [3.63, 3.8) is 0 Å². The summed E-state index contributed by atoms with van der Waals surface area (Å²) in [6.45, 7) is 1.16. The van der Waals surface area contributed by atoms with Crippen LogP contribution in [0, 0.1) is 5.92 Å². The van der Waals surface area contributed by atoms with Crippen LogP contribution in [0.2, 0.25) is 0 Å². The highest BCUT2D eigenvalue weighted by atomic mass is 16.5. The van der Waals surface area contributed by atoms with Gasteiger partial charge in [0, 0.05) is 36.4 Å². The van der Waals surface area contributed by atoms with E-state index in [0.29, 0.717) is 29.9 Å². The molecule has 4 atom stereocenters. The SMILES string of the molecule is Nc1ncnc2c1c(-c1ccc3c(c1)O[C@@H](c1ccccc1)CC3)cn2C1CC(CN2C3CC[C@H]2CC(O)C3)C1. The molecule has 8 rings (SSSR count). The molecule has 1 saturated carbocycles. The molecule has 2 aromatic carbocycles. The highest BCUT2D eigenvalue weighted by molar-refractivity contribution is 6.00. The van der Waals surface area contributed by atoms with Crippen molar-refractivity contribution in [2.75, 3.05) is 12.3 Å². The molecule has 7 nitrogen and oxygen atoms in total. The van der Waals surface area contributed by atoms with Gasteiger partial charge in [-0.2, -0.15) is 0 Å². The maximum absolute atomic E-state index is 10.2. The zero-order valence-corrected chi connectivity index (χ0v) is 22.8. The first-order valence-electron chi connectivity index (χ1n) is 15.0. The Morgan fingerprint density at radius 2 is 1.73 bits per heavy atom. The van der Waals surface area contributed by atoms with E-state index in [1.165, 1.54) is 24.0 Å². The summed E-state index contributed by atoms with van der Waals surface area (Å²) in [5.74, 6) is 2.17. The lowest BCUT2D eigenvalue weighted by Gasteiger charge is -2.44. The number of benzene rings is 2. The van der Waals surface area contributed by atoms with Crippen LogP contribution < -0.4 is 10.5 Å². The largest absolute Gasteiger partial charge is 0.485 e. The molecule has 206 valence electrons. The van der Waals surface area contributed by atoms with Crippen LogP contribution in [-0.4, -0.2) is 49.3 Å². The molecule has 2 bridgehead atoms. The number of aromatic nitrogens is 3. The first kappa shape index (κ1) is 24.4. The van der Waals surface area contributed by atoms with E-state index in [0.717, 1.165) is 73.0 Å². The smallest absolute Gasteiger partial charge is 0.146 e. The predicted octanol–water partition coefficient (Wildman–Crippen LogP) is 5.69. The number of ether oxygens (including phenoxy) is 1. The van der Waals surface area contributed by atoms with Gasteiger partial charge in [0.25, 0.3) is 0 Å². The van der Waals surface area contributed by atoms with Crippen LogP contribution in [0.25, 0.3) is 22.2 Å². The van der Waals surface area contributed by atoms with Crippen molar-refractivity contribution >= 4 is 16.9 Å². The molecular formula is C33H37N5O2. The summed E-state index contributed by atoms with van der Waals surface area (Å²) >= 11 is 0. The van der Waals surface area contributed by atoms with Gasteiger partial charge in [0.15, 0.2) is 0 Å². The second kappa shape index (κ2) is 9.60. The number of aliphatic hydroxyl groups is 1. The van der Waals surface area contributed by atoms with Gasteiger partial charge in [-0.3, -0.25) is 4.90 Å². The molecule has 1 aliphatic carbocycles. The molecule has 3 N–H and O–H groups in total. The number of nitrogens with two attached hydrogens (primary N) is 1. The Bertz CT molecular complexity index is 1530. The van der Waals surface area contributed by atoms with Crippen molar-refractivity contribution in [2.24, 2.45) is 5.92 Å². The Morgan fingerprint density at radius 1 is 0.925 bits per heavy atom. The molecule has 4 aromatic rings. The normalized spacial score (nSPS) is 29.6. The summed E-state index contributed by atoms with van der Waals surface area (Å²) in [4.78, 5) is 11.8. The van der Waals surface area contributed by atoms with Gasteiger partial charge < -0.3 is 20.1 Å². The van der Waals surface area contributed by atoms with Gasteiger partial charge in [0.2, 0.25) is 0 Å². The lowest BCUT2D eigenvalue weighted by Crippen LogP contribution is -2.48. The van der Waals surface area contributed by atoms with Crippen molar-refractivity contribution in [3.8, 4) is 16.9 Å². The molecule has 2 aromatic heterocycles. The second-order valence-corrected chi connectivity index (χ2v) is 12.5. The van der Waals surface area contributed by atoms with E-state index < -0.39 is 0 Å². The average molecular weight is 536 g/mol. The molecule has 40 heavy (non-hydrogen) atoms. The quantitative estimate of drug-likeness (QED) is 0.342. The molecule has 0 amide bonds. The van der Waals surface area contributed by atoms with E-state index in [-0.39, 0.29) is 12.2 Å². The standard InChI is InChI=1S/C33H37N5O2/c34-32-31-28(23-7-6-22-8-11-29(40-30(22)14-23)21-4-2-1-3-5-21)18-38(33(31)36-19-35-32)26-12-20(13-26)17-37-24-9-10-25(37)16-27(39)15-24/h1-7,14,18-20,24-27,29,39H,8-13,15-17H2,(H2,34,35,36)/t20?,24-,25?,26?,27?,29+/m0/s1. The van der Waals surface area contributed by atoms with Crippen molar-refractivity contribution < 1.29 is 9.84 Å². The predicted molar refractivity (Wildman–Crippen MR) is 156 cm³/mol. The molecule has 2 saturated heterocycles. The van der Waals surface area contributed by atoms with Gasteiger partial charge in [0.1, 0.15) is 29.6 Å². The van der Waals surface area contributed by atoms with Crippen LogP contribution in [0.3, 0.4) is 0 Å². The number of hydrogen-bond donors (Lipinski definition) is 2. The van der Waals surface area contributed by atoms with Gasteiger partial charge in [-0.25, -0.2) is 9.97 Å². The second-order valence-electron chi connectivity index (χ2n) is 12.5. The first-order valence-corrected chi connectivity index (χ1v) is 15.0. The highest BCUT2D eigenvalue weighted by Gasteiger charge is 2.43. The number of anilines is 1. The summed E-state index contributed by atoms with van der Waals surface area (Å²) in [6, 6.07) is 18.7. The summed E-state index contributed by atoms with van der Waals surface area (Å²) in [6.07, 6.45) is 12.5. The van der Waals surface area contributed by atoms with Crippen molar-refractivity contribution in [2.45, 2.75) is 81.7 Å². The molecule has 2 unspecified atom stereocenters. The molecular weight excluding hydrogens is 498 g/mol. The lowest BCUT2D eigenvalue weighted by atomic mass is 9.79. The Kier molecular flexibility index (Phi) is 5.85. The third-order valence-electron chi connectivity index (χ3n) is 10.1. The van der Waals surface area contributed by atoms with Gasteiger partial charge in [-0.1, -0.05) is 42.5 Å². The molecule has 4 aliphatic rings. The molecule has 3 fully saturated rings. The number of aryl methyl sites for hydroxylation is 1. The van der Waals surface area contributed by atoms with E-state index >= 15 is 0 Å². The fourth-order valence-electron chi connectivity index (χ4n) is 7.96. The Labute approximate surface area is 235 Å². The van der Waals surface area contributed by atoms with Crippen LogP contribution in [-0.2, 0) is 6.42 Å². The summed E-state index contributed by atoms with van der Waals surface area (Å²) in [7, 11) is 0. The highest BCUT2D eigenvalue weighted by Crippen LogP contribution is 2.46. The number of fused-ring (bicyclic) bond motifs is 4. The van der Waals surface area contributed by atoms with E-state index in [1.54, 1.807) is 6.33 Å². The minimum absolute atomic E-state index is 0.0732. The van der Waals surface area contributed by atoms with Crippen LogP contribution in [0.4, 0.5) is 5.82 Å². The lowest BCUT2D eigenvalue weighted by molar-refractivity contribution is 0.0124. The van der Waals surface area contributed by atoms with Gasteiger partial charge in [-0.05, 0) is 80.0 Å². The molecule has 5 heterocycles. The zero-order valence-electron chi connectivity index (χ0n) is 22.8. The fraction of sp³-hybridized carbons (Fsp3) is 0.455. The summed E-state index contributed by atoms with van der Waals surface area (Å²) < 4.78 is 8.88. The molecule has 0 radical (unpaired) electrons. The zero-order chi connectivity index (χ0) is 26.8. The van der Waals surface area contributed by atoms with Crippen LogP contribution in [0.1, 0.15) is 68.2 Å². The van der Waals surface area contributed by atoms with Gasteiger partial charge in [-0.15, -0.1) is 0 Å². The van der Waals surface area contributed by atoms with Crippen molar-refractivity contribution in [1.29, 1.82) is 0 Å². The minimum Gasteiger partial charge on any atom is -0.485 e.